The summed E-state index contributed by atoms with van der Waals surface area (Å²) in [7, 11) is 0. The molecule has 1 saturated heterocycles. The topological polar surface area (TPSA) is 49.4 Å². The highest BCUT2D eigenvalue weighted by Gasteiger charge is 2.36. The second kappa shape index (κ2) is 9.16. The summed E-state index contributed by atoms with van der Waals surface area (Å²) >= 11 is 1.54. The first-order valence-electron chi connectivity index (χ1n) is 11.0. The Balaban J connectivity index is 1.52. The van der Waals surface area contributed by atoms with Crippen molar-refractivity contribution in [1.82, 2.24) is 4.90 Å². The van der Waals surface area contributed by atoms with Crippen molar-refractivity contribution >= 4 is 39.3 Å². The number of rotatable bonds is 6. The third kappa shape index (κ3) is 4.26. The van der Waals surface area contributed by atoms with Crippen LogP contribution in [0.15, 0.2) is 78.9 Å². The summed E-state index contributed by atoms with van der Waals surface area (Å²) in [5, 5.41) is 4.24. The zero-order valence-electron chi connectivity index (χ0n) is 17.9. The fourth-order valence-electron chi connectivity index (χ4n) is 4.52. The van der Waals surface area contributed by atoms with Crippen LogP contribution in [0.4, 0.5) is 10.1 Å². The molecule has 2 heterocycles. The Morgan fingerprint density at radius 1 is 1.06 bits per heavy atom. The van der Waals surface area contributed by atoms with Gasteiger partial charge in [-0.1, -0.05) is 48.5 Å². The predicted molar refractivity (Wildman–Crippen MR) is 130 cm³/mol. The van der Waals surface area contributed by atoms with Crippen LogP contribution < -0.4 is 5.32 Å². The van der Waals surface area contributed by atoms with E-state index in [0.29, 0.717) is 17.8 Å². The number of benzene rings is 3. The van der Waals surface area contributed by atoms with Gasteiger partial charge in [-0.2, -0.15) is 0 Å². The Labute approximate surface area is 195 Å². The number of aldehydes is 1. The Morgan fingerprint density at radius 3 is 2.70 bits per heavy atom. The van der Waals surface area contributed by atoms with Crippen LogP contribution in [0.25, 0.3) is 10.1 Å². The number of nitrogens with zero attached hydrogens (tertiary/aromatic N) is 1. The first-order chi connectivity index (χ1) is 16.1. The number of carbonyl (C=O) groups is 2. The smallest absolute Gasteiger partial charge is 0.251 e. The van der Waals surface area contributed by atoms with E-state index >= 15 is 0 Å². The van der Waals surface area contributed by atoms with Gasteiger partial charge in [-0.15, -0.1) is 11.3 Å². The van der Waals surface area contributed by atoms with Crippen LogP contribution in [0.2, 0.25) is 0 Å². The number of anilines is 1. The highest BCUT2D eigenvalue weighted by molar-refractivity contribution is 7.19. The highest BCUT2D eigenvalue weighted by Crippen LogP contribution is 2.38. The maximum Gasteiger partial charge on any atom is 0.251 e. The fourth-order valence-corrected chi connectivity index (χ4v) is 5.62. The number of amides is 1. The molecule has 1 amide bonds. The molecule has 1 fully saturated rings. The molecule has 166 valence electrons. The molecule has 2 atom stereocenters. The van der Waals surface area contributed by atoms with Gasteiger partial charge in [0.2, 0.25) is 0 Å². The molecule has 5 rings (SSSR count). The van der Waals surface area contributed by atoms with Crippen molar-refractivity contribution in [2.45, 2.75) is 24.9 Å². The van der Waals surface area contributed by atoms with Crippen LogP contribution in [0.5, 0.6) is 0 Å². The zero-order chi connectivity index (χ0) is 22.8. The third-order valence-electron chi connectivity index (χ3n) is 6.12. The molecule has 0 aliphatic carbocycles. The summed E-state index contributed by atoms with van der Waals surface area (Å²) in [6.45, 7) is 0.620. The van der Waals surface area contributed by atoms with Crippen LogP contribution in [-0.4, -0.2) is 23.6 Å². The zero-order valence-corrected chi connectivity index (χ0v) is 18.7. The van der Waals surface area contributed by atoms with E-state index < -0.39 is 11.9 Å². The quantitative estimate of drug-likeness (QED) is 0.342. The molecule has 0 bridgehead atoms. The lowest BCUT2D eigenvalue weighted by Gasteiger charge is -2.30. The molecule has 1 N–H and O–H groups in total. The standard InChI is InChI=1S/C27H23FN2O2S/c28-21-10-2-3-11-22(21)29-26(25-16-20-8-1-4-13-24(20)33-25)27(32)30-14-6-12-23(30)19-9-5-7-18(15-19)17-31/h1-5,7-11,13,15-17,23,26,29H,6,12,14H2. The van der Waals surface area contributed by atoms with Crippen LogP contribution in [-0.2, 0) is 4.79 Å². The van der Waals surface area contributed by atoms with Crippen molar-refractivity contribution in [3.63, 3.8) is 0 Å². The van der Waals surface area contributed by atoms with E-state index in [1.165, 1.54) is 6.07 Å². The molecule has 1 aliphatic rings. The molecule has 4 nitrogen and oxygen atoms in total. The summed E-state index contributed by atoms with van der Waals surface area (Å²) in [4.78, 5) is 27.9. The molecule has 0 spiro atoms. The van der Waals surface area contributed by atoms with Crippen molar-refractivity contribution in [2.24, 2.45) is 0 Å². The van der Waals surface area contributed by atoms with Crippen molar-refractivity contribution in [2.75, 3.05) is 11.9 Å². The monoisotopic (exact) mass is 458 g/mol. The minimum Gasteiger partial charge on any atom is -0.367 e. The Kier molecular flexibility index (Phi) is 5.92. The molecule has 33 heavy (non-hydrogen) atoms. The Hall–Kier alpha value is -3.51. The number of likely N-dealkylation sites (tertiary alicyclic amines) is 1. The first kappa shape index (κ1) is 21.3. The molecule has 0 radical (unpaired) electrons. The molecule has 1 aliphatic heterocycles. The van der Waals surface area contributed by atoms with E-state index in [4.69, 9.17) is 0 Å². The van der Waals surface area contributed by atoms with Gasteiger partial charge in [-0.3, -0.25) is 9.59 Å². The van der Waals surface area contributed by atoms with Crippen molar-refractivity contribution in [3.05, 3.63) is 101 Å². The van der Waals surface area contributed by atoms with Crippen molar-refractivity contribution < 1.29 is 14.0 Å². The number of thiophene rings is 1. The summed E-state index contributed by atoms with van der Waals surface area (Å²) in [6.07, 6.45) is 2.53. The lowest BCUT2D eigenvalue weighted by Crippen LogP contribution is -2.37. The largest absolute Gasteiger partial charge is 0.367 e. The van der Waals surface area contributed by atoms with Gasteiger partial charge >= 0.3 is 0 Å². The summed E-state index contributed by atoms with van der Waals surface area (Å²) < 4.78 is 15.6. The maximum atomic E-state index is 14.5. The van der Waals surface area contributed by atoms with Gasteiger partial charge in [0, 0.05) is 21.7 Å². The summed E-state index contributed by atoms with van der Waals surface area (Å²) in [5.41, 5.74) is 1.84. The van der Waals surface area contributed by atoms with E-state index in [2.05, 4.69) is 5.32 Å². The average molecular weight is 459 g/mol. The average Bonchev–Trinajstić information content (AvgIpc) is 3.50. The van der Waals surface area contributed by atoms with E-state index in [0.717, 1.165) is 39.7 Å². The molecular formula is C27H23FN2O2S. The fraction of sp³-hybridized carbons (Fsp3) is 0.185. The highest BCUT2D eigenvalue weighted by atomic mass is 32.1. The van der Waals surface area contributed by atoms with Gasteiger partial charge in [0.25, 0.3) is 5.91 Å². The van der Waals surface area contributed by atoms with Crippen molar-refractivity contribution in [1.29, 1.82) is 0 Å². The Morgan fingerprint density at radius 2 is 1.88 bits per heavy atom. The summed E-state index contributed by atoms with van der Waals surface area (Å²) in [6, 6.07) is 23.0. The van der Waals surface area contributed by atoms with E-state index in [1.807, 2.05) is 53.4 Å². The van der Waals surface area contributed by atoms with Crippen LogP contribution in [0, 0.1) is 5.82 Å². The number of halogens is 1. The lowest BCUT2D eigenvalue weighted by atomic mass is 10.0. The van der Waals surface area contributed by atoms with Gasteiger partial charge in [-0.05, 0) is 54.1 Å². The third-order valence-corrected chi connectivity index (χ3v) is 7.30. The molecule has 3 aromatic carbocycles. The number of fused-ring (bicyclic) bond motifs is 1. The molecule has 6 heteroatoms. The van der Waals surface area contributed by atoms with Gasteiger partial charge in [0.1, 0.15) is 18.1 Å². The van der Waals surface area contributed by atoms with E-state index in [-0.39, 0.29) is 11.9 Å². The van der Waals surface area contributed by atoms with Gasteiger partial charge in [-0.25, -0.2) is 4.39 Å². The number of hydrogen-bond donors (Lipinski definition) is 1. The van der Waals surface area contributed by atoms with Crippen molar-refractivity contribution in [3.8, 4) is 0 Å². The second-order valence-corrected chi connectivity index (χ2v) is 9.34. The molecule has 0 saturated carbocycles. The minimum absolute atomic E-state index is 0.0937. The first-order valence-corrected chi connectivity index (χ1v) is 11.8. The molecule has 2 unspecified atom stereocenters. The molecule has 4 aromatic rings. The second-order valence-electron chi connectivity index (χ2n) is 8.22. The lowest BCUT2D eigenvalue weighted by molar-refractivity contribution is -0.133. The SMILES string of the molecule is O=Cc1cccc(C2CCCN2C(=O)C(Nc2ccccc2F)c2cc3ccccc3s2)c1. The van der Waals surface area contributed by atoms with E-state index in [9.17, 15) is 14.0 Å². The van der Waals surface area contributed by atoms with Crippen LogP contribution in [0.3, 0.4) is 0 Å². The number of para-hydroxylation sites is 1. The van der Waals surface area contributed by atoms with Gasteiger partial charge < -0.3 is 10.2 Å². The van der Waals surface area contributed by atoms with Gasteiger partial charge in [0.15, 0.2) is 0 Å². The number of nitrogens with one attached hydrogen (secondary N) is 1. The number of hydrogen-bond acceptors (Lipinski definition) is 4. The van der Waals surface area contributed by atoms with E-state index in [1.54, 1.807) is 35.6 Å². The summed E-state index contributed by atoms with van der Waals surface area (Å²) in [5.74, 6) is -0.489. The number of carbonyl (C=O) groups excluding carboxylic acids is 2. The van der Waals surface area contributed by atoms with Crippen LogP contribution >= 0.6 is 11.3 Å². The molecule has 1 aromatic heterocycles. The predicted octanol–water partition coefficient (Wildman–Crippen LogP) is 6.37. The molecular weight excluding hydrogens is 435 g/mol. The van der Waals surface area contributed by atoms with Crippen LogP contribution in [0.1, 0.15) is 45.7 Å². The Bertz CT molecular complexity index is 1290. The minimum atomic E-state index is -0.714. The van der Waals surface area contributed by atoms with Gasteiger partial charge in [0.05, 0.1) is 11.7 Å². The normalized spacial score (nSPS) is 16.6. The maximum absolute atomic E-state index is 14.5.